The monoisotopic (exact) mass is 783 g/mol. The highest BCUT2D eigenvalue weighted by atomic mass is 16.3. The summed E-state index contributed by atoms with van der Waals surface area (Å²) in [5, 5.41) is 6.43. The molecule has 4 nitrogen and oxygen atoms in total. The summed E-state index contributed by atoms with van der Waals surface area (Å²) in [6.07, 6.45) is 0. The Morgan fingerprint density at radius 1 is 0.328 bits per heavy atom. The van der Waals surface area contributed by atoms with Gasteiger partial charge in [0, 0.05) is 60.4 Å². The molecule has 13 rings (SSSR count). The Kier molecular flexibility index (Phi) is 7.04. The van der Waals surface area contributed by atoms with Crippen molar-refractivity contribution >= 4 is 82.9 Å². The minimum atomic E-state index is -0.146. The summed E-state index contributed by atoms with van der Waals surface area (Å²) in [6, 6.07) is 67.1. The van der Waals surface area contributed by atoms with E-state index in [1.165, 1.54) is 27.8 Å². The van der Waals surface area contributed by atoms with Crippen molar-refractivity contribution in [2.24, 2.45) is 0 Å². The van der Waals surface area contributed by atoms with Crippen LogP contribution in [0.4, 0.5) is 17.1 Å². The second-order valence-electron chi connectivity index (χ2n) is 16.9. The summed E-state index contributed by atoms with van der Waals surface area (Å²) in [7, 11) is 0. The average Bonchev–Trinajstić information content (AvgIpc) is 4.04. The molecule has 0 bridgehead atoms. The van der Waals surface area contributed by atoms with Gasteiger partial charge in [0.15, 0.2) is 0 Å². The zero-order valence-corrected chi connectivity index (χ0v) is 33.6. The largest absolute Gasteiger partial charge is 0.456 e. The van der Waals surface area contributed by atoms with Crippen LogP contribution in [0.2, 0.25) is 0 Å². The molecule has 1 aliphatic rings. The SMILES string of the molecule is CC1(C)c2ccccc2-c2ccc(N(c3ccc(-c4cccc5c4oc4ccccc45)cc3)c3ccc4oc5cc6c(cc5c4c3)oc3ccc(-c4ccccc4)cc36)cc21. The standard InChI is InChI=1S/C57H37NO3/c1-57(2)49-17-8-6-13-41(49)42-26-24-39(31-50(42)57)58(37-22-19-35(20-23-37)40-15-10-16-44-43-14-7-9-18-51(43)61-56(40)44)38-25-28-53-46(30-38)48-33-54-47(32-55(48)60-53)45-29-36(21-27-52(45)59-54)34-11-4-3-5-12-34/h3-33H,1-2H3. The van der Waals surface area contributed by atoms with Crippen molar-refractivity contribution in [1.82, 2.24) is 0 Å². The molecule has 9 aromatic carbocycles. The molecule has 4 heteroatoms. The van der Waals surface area contributed by atoms with E-state index in [1.54, 1.807) is 0 Å². The van der Waals surface area contributed by atoms with Crippen molar-refractivity contribution < 1.29 is 13.3 Å². The van der Waals surface area contributed by atoms with Crippen molar-refractivity contribution in [1.29, 1.82) is 0 Å². The lowest BCUT2D eigenvalue weighted by Crippen LogP contribution is -2.16. The Hall–Kier alpha value is -7.82. The maximum atomic E-state index is 6.62. The Morgan fingerprint density at radius 3 is 1.72 bits per heavy atom. The van der Waals surface area contributed by atoms with E-state index in [4.69, 9.17) is 13.3 Å². The molecule has 0 amide bonds. The summed E-state index contributed by atoms with van der Waals surface area (Å²) < 4.78 is 19.6. The third kappa shape index (κ3) is 5.06. The zero-order chi connectivity index (χ0) is 40.4. The van der Waals surface area contributed by atoms with Gasteiger partial charge in [0.1, 0.15) is 33.5 Å². The minimum absolute atomic E-state index is 0.146. The molecule has 0 unspecified atom stereocenters. The van der Waals surface area contributed by atoms with Crippen LogP contribution in [0, 0.1) is 0 Å². The van der Waals surface area contributed by atoms with Crippen LogP contribution < -0.4 is 4.90 Å². The molecule has 3 heterocycles. The Morgan fingerprint density at radius 2 is 0.902 bits per heavy atom. The highest BCUT2D eigenvalue weighted by molar-refractivity contribution is 6.16. The molecule has 61 heavy (non-hydrogen) atoms. The molecule has 12 aromatic rings. The molecule has 0 saturated carbocycles. The summed E-state index contributed by atoms with van der Waals surface area (Å²) in [4.78, 5) is 2.37. The second kappa shape index (κ2) is 12.6. The van der Waals surface area contributed by atoms with Crippen LogP contribution in [0.5, 0.6) is 0 Å². The first-order valence-corrected chi connectivity index (χ1v) is 20.9. The van der Waals surface area contributed by atoms with Crippen molar-refractivity contribution in [3.63, 3.8) is 0 Å². The number of fused-ring (bicyclic) bond motifs is 12. The molecule has 0 spiro atoms. The molecule has 288 valence electrons. The highest BCUT2D eigenvalue weighted by Crippen LogP contribution is 2.51. The van der Waals surface area contributed by atoms with Gasteiger partial charge >= 0.3 is 0 Å². The maximum absolute atomic E-state index is 6.62. The molecule has 0 radical (unpaired) electrons. The van der Waals surface area contributed by atoms with Gasteiger partial charge in [-0.1, -0.05) is 129 Å². The van der Waals surface area contributed by atoms with Gasteiger partial charge in [-0.2, -0.15) is 0 Å². The lowest BCUT2D eigenvalue weighted by atomic mass is 9.82. The van der Waals surface area contributed by atoms with Gasteiger partial charge in [-0.15, -0.1) is 0 Å². The second-order valence-corrected chi connectivity index (χ2v) is 16.9. The number of hydrogen-bond donors (Lipinski definition) is 0. The van der Waals surface area contributed by atoms with E-state index in [0.717, 1.165) is 99.6 Å². The number of furan rings is 3. The lowest BCUT2D eigenvalue weighted by Gasteiger charge is -2.28. The van der Waals surface area contributed by atoms with Crippen LogP contribution in [0.1, 0.15) is 25.0 Å². The third-order valence-electron chi connectivity index (χ3n) is 13.1. The average molecular weight is 784 g/mol. The fourth-order valence-electron chi connectivity index (χ4n) is 10.0. The fraction of sp³-hybridized carbons (Fsp3) is 0.0526. The lowest BCUT2D eigenvalue weighted by molar-refractivity contribution is 0.660. The first-order chi connectivity index (χ1) is 30.0. The van der Waals surface area contributed by atoms with Gasteiger partial charge in [0.2, 0.25) is 0 Å². The summed E-state index contributed by atoms with van der Waals surface area (Å²) in [6.45, 7) is 4.67. The van der Waals surface area contributed by atoms with E-state index in [1.807, 2.05) is 18.2 Å². The molecule has 0 saturated heterocycles. The van der Waals surface area contributed by atoms with Crippen LogP contribution in [-0.4, -0.2) is 0 Å². The van der Waals surface area contributed by atoms with Crippen molar-refractivity contribution in [2.75, 3.05) is 4.90 Å². The van der Waals surface area contributed by atoms with Gasteiger partial charge in [-0.3, -0.25) is 0 Å². The van der Waals surface area contributed by atoms with Gasteiger partial charge < -0.3 is 18.2 Å². The Labute approximate surface area is 351 Å². The summed E-state index contributed by atoms with van der Waals surface area (Å²) >= 11 is 0. The maximum Gasteiger partial charge on any atom is 0.143 e. The number of hydrogen-bond acceptors (Lipinski definition) is 4. The minimum Gasteiger partial charge on any atom is -0.456 e. The number of para-hydroxylation sites is 2. The van der Waals surface area contributed by atoms with Crippen molar-refractivity contribution in [3.8, 4) is 33.4 Å². The number of rotatable bonds is 5. The predicted molar refractivity (Wildman–Crippen MR) is 251 cm³/mol. The molecular formula is C57H37NO3. The van der Waals surface area contributed by atoms with E-state index in [0.29, 0.717) is 0 Å². The van der Waals surface area contributed by atoms with E-state index in [9.17, 15) is 0 Å². The predicted octanol–water partition coefficient (Wildman–Crippen LogP) is 16.5. The highest BCUT2D eigenvalue weighted by Gasteiger charge is 2.36. The zero-order valence-electron chi connectivity index (χ0n) is 33.6. The summed E-state index contributed by atoms with van der Waals surface area (Å²) in [5.74, 6) is 0. The van der Waals surface area contributed by atoms with E-state index < -0.39 is 0 Å². The van der Waals surface area contributed by atoms with E-state index >= 15 is 0 Å². The van der Waals surface area contributed by atoms with Crippen LogP contribution in [0.3, 0.4) is 0 Å². The quantitative estimate of drug-likeness (QED) is 0.174. The number of nitrogens with zero attached hydrogens (tertiary/aromatic N) is 1. The smallest absolute Gasteiger partial charge is 0.143 e. The molecule has 3 aromatic heterocycles. The van der Waals surface area contributed by atoms with Gasteiger partial charge in [0.25, 0.3) is 0 Å². The first kappa shape index (κ1) is 34.1. The van der Waals surface area contributed by atoms with Gasteiger partial charge in [-0.25, -0.2) is 0 Å². The van der Waals surface area contributed by atoms with Crippen LogP contribution in [0.15, 0.2) is 201 Å². The molecule has 0 fully saturated rings. The summed E-state index contributed by atoms with van der Waals surface area (Å²) in [5.41, 5.74) is 18.0. The van der Waals surface area contributed by atoms with E-state index in [-0.39, 0.29) is 5.41 Å². The number of benzene rings is 9. The Bertz CT molecular complexity index is 3730. The molecule has 0 N–H and O–H groups in total. The Balaban J connectivity index is 0.965. The van der Waals surface area contributed by atoms with Crippen LogP contribution in [-0.2, 0) is 5.41 Å². The van der Waals surface area contributed by atoms with Gasteiger partial charge in [0.05, 0.1) is 0 Å². The number of anilines is 3. The first-order valence-electron chi connectivity index (χ1n) is 20.9. The topological polar surface area (TPSA) is 42.7 Å². The van der Waals surface area contributed by atoms with Crippen LogP contribution >= 0.6 is 0 Å². The van der Waals surface area contributed by atoms with Gasteiger partial charge in [-0.05, 0) is 112 Å². The van der Waals surface area contributed by atoms with Crippen molar-refractivity contribution in [3.05, 3.63) is 199 Å². The molecule has 0 aliphatic heterocycles. The normalized spacial score (nSPS) is 13.2. The third-order valence-corrected chi connectivity index (χ3v) is 13.1. The van der Waals surface area contributed by atoms with Crippen LogP contribution in [0.25, 0.3) is 99.2 Å². The molecule has 1 aliphatic carbocycles. The van der Waals surface area contributed by atoms with Crippen molar-refractivity contribution in [2.45, 2.75) is 19.3 Å². The molecular weight excluding hydrogens is 747 g/mol. The van der Waals surface area contributed by atoms with E-state index in [2.05, 4.69) is 189 Å². The molecule has 0 atom stereocenters. The fourth-order valence-corrected chi connectivity index (χ4v) is 10.0.